The number of nitrogens with zero attached hydrogens (tertiary/aromatic N) is 3. The maximum atomic E-state index is 6.02. The Morgan fingerprint density at radius 3 is 2.25 bits per heavy atom. The van der Waals surface area contributed by atoms with Gasteiger partial charge in [-0.25, -0.2) is 0 Å². The molecular weight excluding hydrogens is 318 g/mol. The first-order chi connectivity index (χ1) is 11.6. The number of benzene rings is 2. The van der Waals surface area contributed by atoms with E-state index in [0.717, 1.165) is 44.0 Å². The van der Waals surface area contributed by atoms with Crippen molar-refractivity contribution >= 4 is 22.5 Å². The molecule has 0 atom stereocenters. The van der Waals surface area contributed by atoms with Gasteiger partial charge >= 0.3 is 0 Å². The van der Waals surface area contributed by atoms with Crippen molar-refractivity contribution in [1.29, 1.82) is 0 Å². The molecule has 0 fully saturated rings. The van der Waals surface area contributed by atoms with Crippen LogP contribution in [0.5, 0.6) is 0 Å². The van der Waals surface area contributed by atoms with E-state index < -0.39 is 0 Å². The van der Waals surface area contributed by atoms with Crippen molar-refractivity contribution in [2.24, 2.45) is 7.05 Å². The highest BCUT2D eigenvalue weighted by Gasteiger charge is 2.16. The summed E-state index contributed by atoms with van der Waals surface area (Å²) in [5.74, 6) is 0. The Morgan fingerprint density at radius 2 is 1.54 bits per heavy atom. The van der Waals surface area contributed by atoms with Crippen LogP contribution in [0.15, 0.2) is 60.8 Å². The van der Waals surface area contributed by atoms with Crippen LogP contribution in [0.25, 0.3) is 33.4 Å². The third-order valence-corrected chi connectivity index (χ3v) is 4.55. The first-order valence-corrected chi connectivity index (χ1v) is 8.16. The number of hydrogen-bond acceptors (Lipinski definition) is 2. The van der Waals surface area contributed by atoms with E-state index >= 15 is 0 Å². The summed E-state index contributed by atoms with van der Waals surface area (Å²) in [6.45, 7) is 2.11. The highest BCUT2D eigenvalue weighted by Crippen LogP contribution is 2.34. The minimum absolute atomic E-state index is 0.724. The molecule has 4 aromatic rings. The van der Waals surface area contributed by atoms with Gasteiger partial charge in [-0.2, -0.15) is 5.10 Å². The Bertz CT molecular complexity index is 1020. The topological polar surface area (TPSA) is 30.7 Å². The summed E-state index contributed by atoms with van der Waals surface area (Å²) in [6.07, 6.45) is 1.90. The molecule has 118 valence electrons. The van der Waals surface area contributed by atoms with Crippen LogP contribution in [0, 0.1) is 6.92 Å². The van der Waals surface area contributed by atoms with Crippen LogP contribution in [0.2, 0.25) is 5.02 Å². The third kappa shape index (κ3) is 2.38. The second-order valence-corrected chi connectivity index (χ2v) is 6.27. The van der Waals surface area contributed by atoms with Crippen molar-refractivity contribution in [2.75, 3.05) is 0 Å². The molecule has 0 N–H and O–H groups in total. The van der Waals surface area contributed by atoms with Crippen LogP contribution >= 0.6 is 11.6 Å². The lowest BCUT2D eigenvalue weighted by molar-refractivity contribution is 0.799. The Kier molecular flexibility index (Phi) is 3.58. The van der Waals surface area contributed by atoms with Gasteiger partial charge in [-0.05, 0) is 24.6 Å². The summed E-state index contributed by atoms with van der Waals surface area (Å²) < 4.78 is 1.88. The largest absolute Gasteiger partial charge is 0.266 e. The molecule has 0 saturated heterocycles. The van der Waals surface area contributed by atoms with Gasteiger partial charge < -0.3 is 0 Å². The molecule has 2 heterocycles. The van der Waals surface area contributed by atoms with Crippen LogP contribution in [0.1, 0.15) is 5.56 Å². The first-order valence-electron chi connectivity index (χ1n) is 7.79. The van der Waals surface area contributed by atoms with Crippen LogP contribution in [-0.2, 0) is 7.05 Å². The van der Waals surface area contributed by atoms with Gasteiger partial charge in [0.25, 0.3) is 0 Å². The van der Waals surface area contributed by atoms with E-state index in [2.05, 4.69) is 24.0 Å². The molecule has 0 bridgehead atoms. The SMILES string of the molecule is Cc1c(-c2ccccc2)ncc2c1c(-c1ccc(Cl)cc1)nn2C. The summed E-state index contributed by atoms with van der Waals surface area (Å²) in [4.78, 5) is 4.68. The average molecular weight is 334 g/mol. The fourth-order valence-electron chi connectivity index (χ4n) is 3.09. The molecule has 4 heteroatoms. The lowest BCUT2D eigenvalue weighted by Gasteiger charge is -2.08. The maximum absolute atomic E-state index is 6.02. The normalized spacial score (nSPS) is 11.1. The van der Waals surface area contributed by atoms with Gasteiger partial charge in [0.15, 0.2) is 0 Å². The van der Waals surface area contributed by atoms with Gasteiger partial charge in [0.1, 0.15) is 5.69 Å². The zero-order chi connectivity index (χ0) is 16.7. The second-order valence-electron chi connectivity index (χ2n) is 5.84. The molecule has 3 nitrogen and oxygen atoms in total. The molecule has 0 radical (unpaired) electrons. The predicted molar refractivity (Wildman–Crippen MR) is 99.1 cm³/mol. The molecule has 0 amide bonds. The van der Waals surface area contributed by atoms with E-state index in [1.54, 1.807) is 0 Å². The highest BCUT2D eigenvalue weighted by atomic mass is 35.5. The summed E-state index contributed by atoms with van der Waals surface area (Å²) in [6, 6.07) is 18.0. The highest BCUT2D eigenvalue weighted by molar-refractivity contribution is 6.30. The van der Waals surface area contributed by atoms with Gasteiger partial charge in [-0.15, -0.1) is 0 Å². The molecule has 0 aliphatic rings. The molecule has 0 saturated carbocycles. The first kappa shape index (κ1) is 14.9. The number of aryl methyl sites for hydroxylation is 2. The molecule has 2 aromatic carbocycles. The lowest BCUT2D eigenvalue weighted by atomic mass is 10.00. The molecule has 4 rings (SSSR count). The Morgan fingerprint density at radius 1 is 0.875 bits per heavy atom. The quantitative estimate of drug-likeness (QED) is 0.500. The number of aromatic nitrogens is 3. The van der Waals surface area contributed by atoms with Crippen molar-refractivity contribution in [1.82, 2.24) is 14.8 Å². The van der Waals surface area contributed by atoms with Crippen molar-refractivity contribution in [3.05, 3.63) is 71.4 Å². The van der Waals surface area contributed by atoms with Crippen molar-refractivity contribution in [3.8, 4) is 22.5 Å². The van der Waals surface area contributed by atoms with Gasteiger partial charge in [0.2, 0.25) is 0 Å². The standard InChI is InChI=1S/C20H16ClN3/c1-13-18-17(12-22-19(13)14-6-4-3-5-7-14)24(2)23-20(18)15-8-10-16(21)11-9-15/h3-12H,1-2H3. The van der Waals surface area contributed by atoms with Gasteiger partial charge in [-0.3, -0.25) is 9.67 Å². The fourth-order valence-corrected chi connectivity index (χ4v) is 3.22. The smallest absolute Gasteiger partial charge is 0.101 e. The summed E-state index contributed by atoms with van der Waals surface area (Å²) in [5, 5.41) is 6.58. The van der Waals surface area contributed by atoms with E-state index in [9.17, 15) is 0 Å². The van der Waals surface area contributed by atoms with Gasteiger partial charge in [0.05, 0.1) is 17.4 Å². The third-order valence-electron chi connectivity index (χ3n) is 4.30. The molecule has 0 aliphatic heterocycles. The Labute approximate surface area is 145 Å². The average Bonchev–Trinajstić information content (AvgIpc) is 2.94. The Balaban J connectivity index is 2.00. The predicted octanol–water partition coefficient (Wildman–Crippen LogP) is 5.26. The van der Waals surface area contributed by atoms with E-state index in [1.807, 2.05) is 60.4 Å². The number of hydrogen-bond donors (Lipinski definition) is 0. The van der Waals surface area contributed by atoms with Crippen LogP contribution < -0.4 is 0 Å². The molecule has 0 unspecified atom stereocenters. The molecule has 0 spiro atoms. The van der Waals surface area contributed by atoms with Gasteiger partial charge in [0, 0.05) is 28.6 Å². The van der Waals surface area contributed by atoms with Crippen molar-refractivity contribution < 1.29 is 0 Å². The number of halogens is 1. The fraction of sp³-hybridized carbons (Fsp3) is 0.100. The minimum atomic E-state index is 0.724. The molecular formula is C20H16ClN3. The number of rotatable bonds is 2. The van der Waals surface area contributed by atoms with Crippen LogP contribution in [0.3, 0.4) is 0 Å². The van der Waals surface area contributed by atoms with Crippen molar-refractivity contribution in [2.45, 2.75) is 6.92 Å². The van der Waals surface area contributed by atoms with Crippen LogP contribution in [0.4, 0.5) is 0 Å². The summed E-state index contributed by atoms with van der Waals surface area (Å²) >= 11 is 6.02. The second kappa shape index (κ2) is 5.77. The molecule has 0 aliphatic carbocycles. The Hall–Kier alpha value is -2.65. The van der Waals surface area contributed by atoms with Crippen molar-refractivity contribution in [3.63, 3.8) is 0 Å². The number of fused-ring (bicyclic) bond motifs is 1. The van der Waals surface area contributed by atoms with Gasteiger partial charge in [-0.1, -0.05) is 54.1 Å². The minimum Gasteiger partial charge on any atom is -0.266 e. The summed E-state index contributed by atoms with van der Waals surface area (Å²) in [7, 11) is 1.95. The lowest BCUT2D eigenvalue weighted by Crippen LogP contribution is -1.92. The van der Waals surface area contributed by atoms with E-state index in [-0.39, 0.29) is 0 Å². The molecule has 2 aromatic heterocycles. The number of pyridine rings is 1. The van der Waals surface area contributed by atoms with E-state index in [0.29, 0.717) is 0 Å². The van der Waals surface area contributed by atoms with Crippen LogP contribution in [-0.4, -0.2) is 14.8 Å². The van der Waals surface area contributed by atoms with E-state index in [4.69, 9.17) is 16.7 Å². The monoisotopic (exact) mass is 333 g/mol. The zero-order valence-electron chi connectivity index (χ0n) is 13.5. The maximum Gasteiger partial charge on any atom is 0.101 e. The molecule has 24 heavy (non-hydrogen) atoms. The summed E-state index contributed by atoms with van der Waals surface area (Å²) in [5.41, 5.74) is 6.28. The zero-order valence-corrected chi connectivity index (χ0v) is 14.2. The van der Waals surface area contributed by atoms with E-state index in [1.165, 1.54) is 0 Å².